The SMILES string of the molecule is Cc1nc(C)c(CNCC2(COc3cccnc3)CC(O)C(O)C2)s1. The molecule has 25 heavy (non-hydrogen) atoms. The van der Waals surface area contributed by atoms with Crippen LogP contribution >= 0.6 is 11.3 Å². The van der Waals surface area contributed by atoms with Crippen molar-refractivity contribution >= 4 is 11.3 Å². The molecule has 2 heterocycles. The Bertz CT molecular complexity index is 682. The second-order valence-corrected chi connectivity index (χ2v) is 8.15. The number of nitrogens with zero attached hydrogens (tertiary/aromatic N) is 2. The van der Waals surface area contributed by atoms with Crippen LogP contribution in [-0.2, 0) is 6.54 Å². The Hall–Kier alpha value is -1.54. The second-order valence-electron chi connectivity index (χ2n) is 6.87. The molecule has 6 nitrogen and oxygen atoms in total. The van der Waals surface area contributed by atoms with Gasteiger partial charge in [0.25, 0.3) is 0 Å². The highest BCUT2D eigenvalue weighted by molar-refractivity contribution is 7.11. The highest BCUT2D eigenvalue weighted by Gasteiger charge is 2.44. The predicted molar refractivity (Wildman–Crippen MR) is 96.7 cm³/mol. The third-order valence-electron chi connectivity index (χ3n) is 4.69. The van der Waals surface area contributed by atoms with Crippen LogP contribution in [0.3, 0.4) is 0 Å². The van der Waals surface area contributed by atoms with Crippen molar-refractivity contribution in [3.05, 3.63) is 40.1 Å². The largest absolute Gasteiger partial charge is 0.491 e. The van der Waals surface area contributed by atoms with Crippen molar-refractivity contribution in [2.24, 2.45) is 5.41 Å². The van der Waals surface area contributed by atoms with Crippen LogP contribution in [0.2, 0.25) is 0 Å². The molecule has 1 saturated carbocycles. The van der Waals surface area contributed by atoms with E-state index in [0.717, 1.165) is 17.2 Å². The first kappa shape index (κ1) is 18.3. The molecule has 0 saturated heterocycles. The average Bonchev–Trinajstić information content (AvgIpc) is 3.05. The molecule has 0 spiro atoms. The van der Waals surface area contributed by atoms with Crippen LogP contribution in [0.15, 0.2) is 24.5 Å². The maximum Gasteiger partial charge on any atom is 0.137 e. The number of aryl methyl sites for hydroxylation is 2. The van der Waals surface area contributed by atoms with Crippen molar-refractivity contribution in [1.29, 1.82) is 0 Å². The fourth-order valence-electron chi connectivity index (χ4n) is 3.40. The number of pyridine rings is 1. The molecule has 1 aliphatic carbocycles. The van der Waals surface area contributed by atoms with E-state index in [1.54, 1.807) is 23.7 Å². The highest BCUT2D eigenvalue weighted by Crippen LogP contribution is 2.38. The molecule has 3 rings (SSSR count). The van der Waals surface area contributed by atoms with Crippen molar-refractivity contribution < 1.29 is 14.9 Å². The molecule has 1 aliphatic rings. The number of ether oxygens (including phenoxy) is 1. The van der Waals surface area contributed by atoms with Crippen LogP contribution in [-0.4, -0.2) is 45.5 Å². The van der Waals surface area contributed by atoms with E-state index in [0.29, 0.717) is 31.7 Å². The normalized spacial score (nSPS) is 26.1. The summed E-state index contributed by atoms with van der Waals surface area (Å²) in [4.78, 5) is 9.72. The van der Waals surface area contributed by atoms with Gasteiger partial charge in [0.1, 0.15) is 5.75 Å². The minimum atomic E-state index is -0.702. The van der Waals surface area contributed by atoms with Gasteiger partial charge in [-0.05, 0) is 38.8 Å². The zero-order valence-electron chi connectivity index (χ0n) is 14.6. The van der Waals surface area contributed by atoms with E-state index in [4.69, 9.17) is 4.74 Å². The molecule has 2 aromatic rings. The maximum absolute atomic E-state index is 10.0. The van der Waals surface area contributed by atoms with Crippen molar-refractivity contribution in [1.82, 2.24) is 15.3 Å². The Kier molecular flexibility index (Phi) is 5.68. The lowest BCUT2D eigenvalue weighted by molar-refractivity contribution is 0.0438. The maximum atomic E-state index is 10.0. The lowest BCUT2D eigenvalue weighted by Gasteiger charge is -2.29. The number of aliphatic hydroxyl groups is 2. The smallest absolute Gasteiger partial charge is 0.137 e. The Balaban J connectivity index is 1.62. The van der Waals surface area contributed by atoms with Gasteiger partial charge in [0.15, 0.2) is 0 Å². The molecule has 0 amide bonds. The summed E-state index contributed by atoms with van der Waals surface area (Å²) in [5, 5.41) is 24.6. The van der Waals surface area contributed by atoms with Crippen LogP contribution in [0.25, 0.3) is 0 Å². The van der Waals surface area contributed by atoms with Crippen molar-refractivity contribution in [2.75, 3.05) is 13.2 Å². The number of rotatable bonds is 7. The molecule has 136 valence electrons. The van der Waals surface area contributed by atoms with Gasteiger partial charge >= 0.3 is 0 Å². The molecular weight excluding hydrogens is 338 g/mol. The average molecular weight is 363 g/mol. The van der Waals surface area contributed by atoms with E-state index >= 15 is 0 Å². The first-order valence-corrected chi connectivity index (χ1v) is 9.32. The summed E-state index contributed by atoms with van der Waals surface area (Å²) in [5.74, 6) is 0.701. The molecule has 2 atom stereocenters. The Morgan fingerprint density at radius 2 is 2.08 bits per heavy atom. The highest BCUT2D eigenvalue weighted by atomic mass is 32.1. The standard InChI is InChI=1S/C18H25N3O3S/c1-12-17(25-13(2)21-12)9-20-10-18(6-15(22)16(23)7-18)11-24-14-4-3-5-19-8-14/h3-5,8,15-16,20,22-23H,6-7,9-11H2,1-2H3. The van der Waals surface area contributed by atoms with Gasteiger partial charge in [-0.2, -0.15) is 0 Å². The van der Waals surface area contributed by atoms with Crippen molar-refractivity contribution in [3.63, 3.8) is 0 Å². The van der Waals surface area contributed by atoms with Crippen LogP contribution in [0.5, 0.6) is 5.75 Å². The van der Waals surface area contributed by atoms with E-state index < -0.39 is 12.2 Å². The Morgan fingerprint density at radius 3 is 2.68 bits per heavy atom. The summed E-state index contributed by atoms with van der Waals surface area (Å²) in [6.45, 7) is 5.86. The van der Waals surface area contributed by atoms with Gasteiger partial charge in [0.2, 0.25) is 0 Å². The van der Waals surface area contributed by atoms with Crippen LogP contribution in [0.4, 0.5) is 0 Å². The zero-order valence-corrected chi connectivity index (χ0v) is 15.4. The van der Waals surface area contributed by atoms with Crippen LogP contribution in [0, 0.1) is 19.3 Å². The number of hydrogen-bond acceptors (Lipinski definition) is 7. The summed E-state index contributed by atoms with van der Waals surface area (Å²) >= 11 is 1.70. The summed E-state index contributed by atoms with van der Waals surface area (Å²) < 4.78 is 5.89. The summed E-state index contributed by atoms with van der Waals surface area (Å²) in [6.07, 6.45) is 3.00. The first-order chi connectivity index (χ1) is 12.0. The molecule has 0 aliphatic heterocycles. The van der Waals surface area contributed by atoms with Crippen molar-refractivity contribution in [2.45, 2.75) is 45.4 Å². The van der Waals surface area contributed by atoms with Gasteiger partial charge in [-0.25, -0.2) is 4.98 Å². The molecule has 0 radical (unpaired) electrons. The van der Waals surface area contributed by atoms with E-state index in [2.05, 4.69) is 15.3 Å². The molecule has 2 unspecified atom stereocenters. The Labute approximate surface area is 151 Å². The fraction of sp³-hybridized carbons (Fsp3) is 0.556. The van der Waals surface area contributed by atoms with Crippen molar-refractivity contribution in [3.8, 4) is 5.75 Å². The minimum absolute atomic E-state index is 0.303. The van der Waals surface area contributed by atoms with Crippen LogP contribution in [0.1, 0.15) is 28.4 Å². The number of aromatic nitrogens is 2. The van der Waals surface area contributed by atoms with E-state index in [1.165, 1.54) is 4.88 Å². The lowest BCUT2D eigenvalue weighted by atomic mass is 9.86. The summed E-state index contributed by atoms with van der Waals surface area (Å²) in [5.41, 5.74) is 0.754. The number of nitrogens with one attached hydrogen (secondary N) is 1. The van der Waals surface area contributed by atoms with E-state index in [1.807, 2.05) is 26.0 Å². The van der Waals surface area contributed by atoms with Crippen LogP contribution < -0.4 is 10.1 Å². The predicted octanol–water partition coefficient (Wildman–Crippen LogP) is 1.83. The lowest BCUT2D eigenvalue weighted by Crippen LogP contribution is -2.37. The van der Waals surface area contributed by atoms with Gasteiger partial charge in [-0.1, -0.05) is 0 Å². The zero-order chi connectivity index (χ0) is 17.9. The topological polar surface area (TPSA) is 87.5 Å². The van der Waals surface area contributed by atoms with Gasteiger partial charge in [0.05, 0.1) is 35.7 Å². The van der Waals surface area contributed by atoms with E-state index in [9.17, 15) is 10.2 Å². The van der Waals surface area contributed by atoms with Gasteiger partial charge < -0.3 is 20.3 Å². The molecule has 2 aromatic heterocycles. The number of thiazole rings is 1. The number of hydrogen-bond donors (Lipinski definition) is 3. The summed E-state index contributed by atoms with van der Waals surface area (Å²) in [6, 6.07) is 3.69. The Morgan fingerprint density at radius 1 is 1.32 bits per heavy atom. The molecule has 3 N–H and O–H groups in total. The van der Waals surface area contributed by atoms with Gasteiger partial charge in [-0.15, -0.1) is 11.3 Å². The minimum Gasteiger partial charge on any atom is -0.491 e. The third kappa shape index (κ3) is 4.55. The second kappa shape index (κ2) is 7.78. The molecular formula is C18H25N3O3S. The quantitative estimate of drug-likeness (QED) is 0.696. The molecule has 0 aromatic carbocycles. The molecule has 1 fully saturated rings. The molecule has 7 heteroatoms. The molecule has 0 bridgehead atoms. The monoisotopic (exact) mass is 363 g/mol. The number of aliphatic hydroxyl groups excluding tert-OH is 2. The first-order valence-electron chi connectivity index (χ1n) is 8.50. The third-order valence-corrected chi connectivity index (χ3v) is 5.77. The van der Waals surface area contributed by atoms with Gasteiger partial charge in [-0.3, -0.25) is 4.98 Å². The summed E-state index contributed by atoms with van der Waals surface area (Å²) in [7, 11) is 0. The van der Waals surface area contributed by atoms with E-state index in [-0.39, 0.29) is 5.41 Å². The van der Waals surface area contributed by atoms with Gasteiger partial charge in [0, 0.05) is 29.6 Å². The fourth-order valence-corrected chi connectivity index (χ4v) is 4.31.